The molecule has 1 aromatic heterocycles. The van der Waals surface area contributed by atoms with Crippen molar-refractivity contribution in [3.05, 3.63) is 18.0 Å². The van der Waals surface area contributed by atoms with Crippen molar-refractivity contribution in [2.45, 2.75) is 38.8 Å². The minimum atomic E-state index is -0.625. The Bertz CT molecular complexity index is 324. The average Bonchev–Trinajstić information content (AvgIpc) is 2.53. The predicted molar refractivity (Wildman–Crippen MR) is 52.6 cm³/mol. The van der Waals surface area contributed by atoms with Gasteiger partial charge in [0.15, 0.2) is 0 Å². The molecule has 14 heavy (non-hydrogen) atoms. The van der Waals surface area contributed by atoms with Crippen molar-refractivity contribution < 1.29 is 5.11 Å². The number of hydrogen-bond donors (Lipinski definition) is 1. The fourth-order valence-electron chi connectivity index (χ4n) is 1.16. The number of rotatable bonds is 4. The quantitative estimate of drug-likeness (QED) is 0.783. The molecule has 4 nitrogen and oxygen atoms in total. The fourth-order valence-corrected chi connectivity index (χ4v) is 1.16. The summed E-state index contributed by atoms with van der Waals surface area (Å²) in [4.78, 5) is 0. The molecular weight excluding hydrogens is 178 g/mol. The van der Waals surface area contributed by atoms with Gasteiger partial charge in [-0.25, -0.2) is 0 Å². The molecule has 0 aromatic carbocycles. The maximum Gasteiger partial charge on any atom is 0.0865 e. The number of aliphatic hydroxyl groups is 1. The standard InChI is InChI=1S/C10H15N3O/c1-8(2)9-5-12-13(6-9)7-10(14)3-4-11/h5-6,8,10,14H,3,7H2,1-2H3. The Hall–Kier alpha value is -1.34. The van der Waals surface area contributed by atoms with Crippen LogP contribution >= 0.6 is 0 Å². The van der Waals surface area contributed by atoms with E-state index in [0.717, 1.165) is 5.56 Å². The Labute approximate surface area is 83.8 Å². The van der Waals surface area contributed by atoms with Gasteiger partial charge in [0.25, 0.3) is 0 Å². The van der Waals surface area contributed by atoms with Gasteiger partial charge in [-0.1, -0.05) is 13.8 Å². The van der Waals surface area contributed by atoms with Gasteiger partial charge in [-0.15, -0.1) is 0 Å². The van der Waals surface area contributed by atoms with Gasteiger partial charge in [-0.2, -0.15) is 10.4 Å². The molecule has 1 heterocycles. The van der Waals surface area contributed by atoms with E-state index in [2.05, 4.69) is 18.9 Å². The lowest BCUT2D eigenvalue weighted by Crippen LogP contribution is -2.15. The summed E-state index contributed by atoms with van der Waals surface area (Å²) in [7, 11) is 0. The molecule has 1 unspecified atom stereocenters. The summed E-state index contributed by atoms with van der Waals surface area (Å²) in [5, 5.41) is 21.8. The average molecular weight is 193 g/mol. The van der Waals surface area contributed by atoms with E-state index in [9.17, 15) is 5.11 Å². The zero-order valence-electron chi connectivity index (χ0n) is 8.51. The highest BCUT2D eigenvalue weighted by atomic mass is 16.3. The molecule has 0 aliphatic rings. The van der Waals surface area contributed by atoms with Crippen LogP contribution < -0.4 is 0 Å². The van der Waals surface area contributed by atoms with Gasteiger partial charge < -0.3 is 5.11 Å². The minimum Gasteiger partial charge on any atom is -0.390 e. The maximum atomic E-state index is 9.37. The van der Waals surface area contributed by atoms with Crippen LogP contribution in [0.4, 0.5) is 0 Å². The first-order valence-corrected chi connectivity index (χ1v) is 4.71. The molecule has 4 heteroatoms. The zero-order chi connectivity index (χ0) is 10.6. The fraction of sp³-hybridized carbons (Fsp3) is 0.600. The molecule has 1 aromatic rings. The molecule has 1 N–H and O–H groups in total. The largest absolute Gasteiger partial charge is 0.390 e. The lowest BCUT2D eigenvalue weighted by atomic mass is 10.1. The Morgan fingerprint density at radius 1 is 1.64 bits per heavy atom. The van der Waals surface area contributed by atoms with Crippen LogP contribution in [0.5, 0.6) is 0 Å². The number of hydrogen-bond acceptors (Lipinski definition) is 3. The summed E-state index contributed by atoms with van der Waals surface area (Å²) in [6.07, 6.45) is 3.23. The summed E-state index contributed by atoms with van der Waals surface area (Å²) < 4.78 is 1.68. The van der Waals surface area contributed by atoms with Crippen molar-refractivity contribution in [2.24, 2.45) is 0 Å². The second-order valence-corrected chi connectivity index (χ2v) is 3.67. The van der Waals surface area contributed by atoms with Gasteiger partial charge in [0, 0.05) is 6.20 Å². The van der Waals surface area contributed by atoms with Gasteiger partial charge in [0.05, 0.1) is 31.3 Å². The number of nitrogens with zero attached hydrogens (tertiary/aromatic N) is 3. The molecule has 0 saturated heterocycles. The van der Waals surface area contributed by atoms with Gasteiger partial charge in [0.1, 0.15) is 0 Å². The number of aromatic nitrogens is 2. The predicted octanol–water partition coefficient (Wildman–Crippen LogP) is 1.28. The lowest BCUT2D eigenvalue weighted by Gasteiger charge is -2.05. The summed E-state index contributed by atoms with van der Waals surface area (Å²) in [5.41, 5.74) is 1.15. The van der Waals surface area contributed by atoms with Gasteiger partial charge in [-0.3, -0.25) is 4.68 Å². The van der Waals surface area contributed by atoms with Crippen molar-refractivity contribution in [2.75, 3.05) is 0 Å². The van der Waals surface area contributed by atoms with Crippen molar-refractivity contribution >= 4 is 0 Å². The van der Waals surface area contributed by atoms with E-state index in [1.54, 1.807) is 10.9 Å². The lowest BCUT2D eigenvalue weighted by molar-refractivity contribution is 0.154. The second-order valence-electron chi connectivity index (χ2n) is 3.67. The SMILES string of the molecule is CC(C)c1cnn(CC(O)CC#N)c1. The highest BCUT2D eigenvalue weighted by molar-refractivity contribution is 5.08. The molecule has 0 bridgehead atoms. The third-order valence-electron chi connectivity index (χ3n) is 2.04. The van der Waals surface area contributed by atoms with Crippen molar-refractivity contribution in [1.29, 1.82) is 5.26 Å². The highest BCUT2D eigenvalue weighted by Crippen LogP contribution is 2.12. The van der Waals surface area contributed by atoms with E-state index < -0.39 is 6.10 Å². The molecule has 0 fully saturated rings. The van der Waals surface area contributed by atoms with Crippen LogP contribution in [0.1, 0.15) is 31.7 Å². The highest BCUT2D eigenvalue weighted by Gasteiger charge is 2.07. The monoisotopic (exact) mass is 193 g/mol. The molecule has 1 rings (SSSR count). The smallest absolute Gasteiger partial charge is 0.0865 e. The van der Waals surface area contributed by atoms with E-state index in [4.69, 9.17) is 5.26 Å². The van der Waals surface area contributed by atoms with Crippen molar-refractivity contribution in [3.8, 4) is 6.07 Å². The maximum absolute atomic E-state index is 9.37. The van der Waals surface area contributed by atoms with Crippen LogP contribution in [-0.4, -0.2) is 21.0 Å². The van der Waals surface area contributed by atoms with E-state index >= 15 is 0 Å². The molecule has 0 amide bonds. The Morgan fingerprint density at radius 3 is 2.86 bits per heavy atom. The zero-order valence-corrected chi connectivity index (χ0v) is 8.51. The van der Waals surface area contributed by atoms with E-state index in [-0.39, 0.29) is 6.42 Å². The van der Waals surface area contributed by atoms with Crippen LogP contribution in [0.2, 0.25) is 0 Å². The van der Waals surface area contributed by atoms with Crippen LogP contribution in [0, 0.1) is 11.3 Å². The van der Waals surface area contributed by atoms with Gasteiger partial charge in [-0.05, 0) is 11.5 Å². The first kappa shape index (κ1) is 10.7. The van der Waals surface area contributed by atoms with Crippen molar-refractivity contribution in [1.82, 2.24) is 9.78 Å². The molecule has 0 aliphatic carbocycles. The normalized spacial score (nSPS) is 12.8. The number of nitriles is 1. The Balaban J connectivity index is 2.56. The third kappa shape index (κ3) is 2.86. The number of aliphatic hydroxyl groups excluding tert-OH is 1. The minimum absolute atomic E-state index is 0.150. The summed E-state index contributed by atoms with van der Waals surface area (Å²) in [6.45, 7) is 4.57. The van der Waals surface area contributed by atoms with Crippen LogP contribution in [-0.2, 0) is 6.54 Å². The molecule has 0 saturated carbocycles. The molecule has 0 radical (unpaired) electrons. The first-order valence-electron chi connectivity index (χ1n) is 4.71. The topological polar surface area (TPSA) is 61.8 Å². The van der Waals surface area contributed by atoms with Gasteiger partial charge >= 0.3 is 0 Å². The molecule has 1 atom stereocenters. The first-order chi connectivity index (χ1) is 6.63. The summed E-state index contributed by atoms with van der Waals surface area (Å²) in [5.74, 6) is 0.442. The van der Waals surface area contributed by atoms with E-state index in [1.807, 2.05) is 12.3 Å². The second kappa shape index (κ2) is 4.77. The Morgan fingerprint density at radius 2 is 2.36 bits per heavy atom. The third-order valence-corrected chi connectivity index (χ3v) is 2.04. The van der Waals surface area contributed by atoms with Crippen molar-refractivity contribution in [3.63, 3.8) is 0 Å². The van der Waals surface area contributed by atoms with E-state index in [0.29, 0.717) is 12.5 Å². The van der Waals surface area contributed by atoms with Crippen LogP contribution in [0.15, 0.2) is 12.4 Å². The molecule has 76 valence electrons. The summed E-state index contributed by atoms with van der Waals surface area (Å²) >= 11 is 0. The van der Waals surface area contributed by atoms with Crippen LogP contribution in [0.3, 0.4) is 0 Å². The molecule has 0 aliphatic heterocycles. The summed E-state index contributed by atoms with van der Waals surface area (Å²) in [6, 6.07) is 1.93. The molecular formula is C10H15N3O. The Kier molecular flexibility index (Phi) is 3.66. The molecule has 0 spiro atoms. The van der Waals surface area contributed by atoms with E-state index in [1.165, 1.54) is 0 Å². The van der Waals surface area contributed by atoms with Gasteiger partial charge in [0.2, 0.25) is 0 Å². The van der Waals surface area contributed by atoms with Crippen LogP contribution in [0.25, 0.3) is 0 Å².